The quantitative estimate of drug-likeness (QED) is 0.622. The van der Waals surface area contributed by atoms with E-state index >= 15 is 0 Å². The zero-order valence-corrected chi connectivity index (χ0v) is 7.20. The predicted molar refractivity (Wildman–Crippen MR) is 47.1 cm³/mol. The van der Waals surface area contributed by atoms with Gasteiger partial charge in [0.15, 0.2) is 0 Å². The van der Waals surface area contributed by atoms with Gasteiger partial charge in [0.2, 0.25) is 11.9 Å². The summed E-state index contributed by atoms with van der Waals surface area (Å²) in [6.45, 7) is 3.48. The number of nitrogens with zero attached hydrogens (tertiary/aromatic N) is 3. The molecule has 2 rings (SSSR count). The Morgan fingerprint density at radius 2 is 2.15 bits per heavy atom. The maximum atomic E-state index is 12.7. The number of hydrogen-bond acceptors (Lipinski definition) is 4. The number of anilines is 1. The van der Waals surface area contributed by atoms with E-state index in [9.17, 15) is 4.39 Å². The van der Waals surface area contributed by atoms with Gasteiger partial charge in [-0.25, -0.2) is 4.98 Å². The van der Waals surface area contributed by atoms with E-state index < -0.39 is 5.95 Å². The third kappa shape index (κ3) is 1.92. The molecule has 0 bridgehead atoms. The summed E-state index contributed by atoms with van der Waals surface area (Å²) in [5, 5.41) is 3.21. The molecule has 1 N–H and O–H groups in total. The van der Waals surface area contributed by atoms with Gasteiger partial charge in [0.1, 0.15) is 0 Å². The van der Waals surface area contributed by atoms with E-state index in [1.165, 1.54) is 12.3 Å². The maximum absolute atomic E-state index is 12.7. The lowest BCUT2D eigenvalue weighted by molar-refractivity contribution is 0.552. The van der Waals surface area contributed by atoms with Crippen LogP contribution in [0, 0.1) is 5.95 Å². The first-order valence-electron chi connectivity index (χ1n) is 4.30. The molecule has 0 radical (unpaired) electrons. The molecule has 1 aromatic heterocycles. The molecule has 0 saturated carbocycles. The zero-order valence-electron chi connectivity index (χ0n) is 7.20. The second kappa shape index (κ2) is 3.66. The largest absolute Gasteiger partial charge is 0.338 e. The van der Waals surface area contributed by atoms with Crippen molar-refractivity contribution in [1.82, 2.24) is 15.3 Å². The average molecular weight is 182 g/mol. The molecule has 0 atom stereocenters. The van der Waals surface area contributed by atoms with Gasteiger partial charge < -0.3 is 10.2 Å². The summed E-state index contributed by atoms with van der Waals surface area (Å²) in [7, 11) is 0. The van der Waals surface area contributed by atoms with Crippen LogP contribution >= 0.6 is 0 Å². The van der Waals surface area contributed by atoms with E-state index in [2.05, 4.69) is 15.3 Å². The van der Waals surface area contributed by atoms with Crippen molar-refractivity contribution in [3.8, 4) is 0 Å². The smallest absolute Gasteiger partial charge is 0.228 e. The van der Waals surface area contributed by atoms with Crippen molar-refractivity contribution in [2.45, 2.75) is 0 Å². The van der Waals surface area contributed by atoms with Crippen LogP contribution in [0.25, 0.3) is 0 Å². The van der Waals surface area contributed by atoms with Gasteiger partial charge >= 0.3 is 0 Å². The zero-order chi connectivity index (χ0) is 9.10. The van der Waals surface area contributed by atoms with Crippen LogP contribution in [0.3, 0.4) is 0 Å². The highest BCUT2D eigenvalue weighted by Crippen LogP contribution is 2.06. The Balaban J connectivity index is 2.14. The Hall–Kier alpha value is -1.23. The monoisotopic (exact) mass is 182 g/mol. The van der Waals surface area contributed by atoms with Crippen molar-refractivity contribution in [1.29, 1.82) is 0 Å². The summed E-state index contributed by atoms with van der Waals surface area (Å²) in [6.07, 6.45) is 1.44. The fraction of sp³-hybridized carbons (Fsp3) is 0.500. The van der Waals surface area contributed by atoms with E-state index in [-0.39, 0.29) is 0 Å². The average Bonchev–Trinajstić information content (AvgIpc) is 2.19. The van der Waals surface area contributed by atoms with Crippen molar-refractivity contribution in [2.24, 2.45) is 0 Å². The van der Waals surface area contributed by atoms with Gasteiger partial charge in [-0.1, -0.05) is 0 Å². The molecular formula is C8H11FN4. The van der Waals surface area contributed by atoms with Crippen molar-refractivity contribution >= 4 is 5.95 Å². The fourth-order valence-corrected chi connectivity index (χ4v) is 1.34. The maximum Gasteiger partial charge on any atom is 0.228 e. The first-order chi connectivity index (χ1) is 6.36. The lowest BCUT2D eigenvalue weighted by atomic mass is 10.4. The molecule has 1 aromatic rings. The number of rotatable bonds is 1. The first kappa shape index (κ1) is 8.37. The highest BCUT2D eigenvalue weighted by atomic mass is 19.1. The molecule has 70 valence electrons. The minimum absolute atomic E-state index is 0.469. The molecule has 1 aliphatic rings. The number of nitrogens with one attached hydrogen (secondary N) is 1. The predicted octanol–water partition coefficient (Wildman–Crippen LogP) is 0.0253. The summed E-state index contributed by atoms with van der Waals surface area (Å²) >= 11 is 0. The molecule has 1 fully saturated rings. The SMILES string of the molecule is Fc1ccnc(N2CCNCC2)n1. The Morgan fingerprint density at radius 1 is 1.38 bits per heavy atom. The van der Waals surface area contributed by atoms with Crippen LogP contribution in [-0.4, -0.2) is 36.1 Å². The number of halogens is 1. The van der Waals surface area contributed by atoms with Gasteiger partial charge in [0.25, 0.3) is 0 Å². The van der Waals surface area contributed by atoms with Crippen LogP contribution in [-0.2, 0) is 0 Å². The van der Waals surface area contributed by atoms with Crippen LogP contribution in [0.5, 0.6) is 0 Å². The topological polar surface area (TPSA) is 41.1 Å². The second-order valence-electron chi connectivity index (χ2n) is 2.92. The molecule has 0 amide bonds. The minimum Gasteiger partial charge on any atom is -0.338 e. The van der Waals surface area contributed by atoms with Crippen LogP contribution in [0.2, 0.25) is 0 Å². The van der Waals surface area contributed by atoms with E-state index in [4.69, 9.17) is 0 Å². The Morgan fingerprint density at radius 3 is 2.85 bits per heavy atom. The van der Waals surface area contributed by atoms with Gasteiger partial charge in [-0.3, -0.25) is 0 Å². The van der Waals surface area contributed by atoms with Crippen molar-refractivity contribution in [3.63, 3.8) is 0 Å². The summed E-state index contributed by atoms with van der Waals surface area (Å²) in [5.74, 6) is 0.0185. The molecule has 13 heavy (non-hydrogen) atoms. The number of hydrogen-bond donors (Lipinski definition) is 1. The summed E-state index contributed by atoms with van der Waals surface area (Å²) < 4.78 is 12.7. The number of aromatic nitrogens is 2. The normalized spacial score (nSPS) is 17.5. The van der Waals surface area contributed by atoms with E-state index in [1.807, 2.05) is 4.90 Å². The molecule has 1 saturated heterocycles. The highest BCUT2D eigenvalue weighted by molar-refractivity contribution is 5.29. The lowest BCUT2D eigenvalue weighted by Gasteiger charge is -2.26. The molecule has 5 heteroatoms. The molecule has 0 aliphatic carbocycles. The molecule has 2 heterocycles. The van der Waals surface area contributed by atoms with E-state index in [0.717, 1.165) is 26.2 Å². The fourth-order valence-electron chi connectivity index (χ4n) is 1.34. The first-order valence-corrected chi connectivity index (χ1v) is 4.30. The van der Waals surface area contributed by atoms with Gasteiger partial charge in [0, 0.05) is 38.4 Å². The van der Waals surface area contributed by atoms with Gasteiger partial charge in [-0.05, 0) is 0 Å². The molecule has 0 spiro atoms. The van der Waals surface area contributed by atoms with Gasteiger partial charge in [-0.2, -0.15) is 9.37 Å². The Labute approximate surface area is 75.8 Å². The molecular weight excluding hydrogens is 171 g/mol. The molecule has 4 nitrogen and oxygen atoms in total. The summed E-state index contributed by atoms with van der Waals surface area (Å²) in [5.41, 5.74) is 0. The van der Waals surface area contributed by atoms with Gasteiger partial charge in [0.05, 0.1) is 0 Å². The van der Waals surface area contributed by atoms with Gasteiger partial charge in [-0.15, -0.1) is 0 Å². The molecule has 0 aromatic carbocycles. The summed E-state index contributed by atoms with van der Waals surface area (Å²) in [6, 6.07) is 1.26. The van der Waals surface area contributed by atoms with E-state index in [1.54, 1.807) is 0 Å². The standard InChI is InChI=1S/C8H11FN4/c9-7-1-2-11-8(12-7)13-5-3-10-4-6-13/h1-2,10H,3-6H2. The summed E-state index contributed by atoms with van der Waals surface area (Å²) in [4.78, 5) is 9.70. The van der Waals surface area contributed by atoms with Crippen LogP contribution in [0.4, 0.5) is 10.3 Å². The van der Waals surface area contributed by atoms with Crippen LogP contribution < -0.4 is 10.2 Å². The van der Waals surface area contributed by atoms with E-state index in [0.29, 0.717) is 5.95 Å². The van der Waals surface area contributed by atoms with Crippen LogP contribution in [0.15, 0.2) is 12.3 Å². The third-order valence-corrected chi connectivity index (χ3v) is 2.01. The Kier molecular flexibility index (Phi) is 2.35. The minimum atomic E-state index is -0.469. The molecule has 1 aliphatic heterocycles. The highest BCUT2D eigenvalue weighted by Gasteiger charge is 2.12. The van der Waals surface area contributed by atoms with Crippen molar-refractivity contribution in [3.05, 3.63) is 18.2 Å². The molecule has 0 unspecified atom stereocenters. The van der Waals surface area contributed by atoms with Crippen molar-refractivity contribution < 1.29 is 4.39 Å². The van der Waals surface area contributed by atoms with Crippen LogP contribution in [0.1, 0.15) is 0 Å². The number of piperazine rings is 1. The second-order valence-corrected chi connectivity index (χ2v) is 2.92. The lowest BCUT2D eigenvalue weighted by Crippen LogP contribution is -2.44. The Bertz CT molecular complexity index is 285. The van der Waals surface area contributed by atoms with Crippen molar-refractivity contribution in [2.75, 3.05) is 31.1 Å². The third-order valence-electron chi connectivity index (χ3n) is 2.01.